The summed E-state index contributed by atoms with van der Waals surface area (Å²) in [6.45, 7) is 1.84. The second kappa shape index (κ2) is 10.1. The lowest BCUT2D eigenvalue weighted by Crippen LogP contribution is -2.31. The van der Waals surface area contributed by atoms with E-state index in [0.717, 1.165) is 0 Å². The molecule has 2 aromatic carbocycles. The van der Waals surface area contributed by atoms with Crippen molar-refractivity contribution in [2.45, 2.75) is 6.92 Å². The summed E-state index contributed by atoms with van der Waals surface area (Å²) in [6, 6.07) is 11.0. The van der Waals surface area contributed by atoms with E-state index in [0.29, 0.717) is 28.4 Å². The summed E-state index contributed by atoms with van der Waals surface area (Å²) >= 11 is 0. The van der Waals surface area contributed by atoms with E-state index in [1.807, 2.05) is 0 Å². The smallest absolute Gasteiger partial charge is 0.418 e. The van der Waals surface area contributed by atoms with Gasteiger partial charge >= 0.3 is 6.09 Å². The molecule has 32 heavy (non-hydrogen) atoms. The number of hydrogen-bond donors (Lipinski definition) is 2. The predicted molar refractivity (Wildman–Crippen MR) is 121 cm³/mol. The number of carbonyl (C=O) groups excluding carboxylic acids is 1. The molecule has 168 valence electrons. The molecule has 1 unspecified atom stereocenters. The Bertz CT molecular complexity index is 1240. The first-order valence-electron chi connectivity index (χ1n) is 9.48. The molecule has 0 bridgehead atoms. The molecule has 1 aromatic heterocycles. The molecule has 3 rings (SSSR count). The van der Waals surface area contributed by atoms with Crippen LogP contribution in [0, 0.1) is 5.82 Å². The molecule has 0 fully saturated rings. The predicted octanol–water partition coefficient (Wildman–Crippen LogP) is 3.16. The van der Waals surface area contributed by atoms with Gasteiger partial charge in [0.2, 0.25) is 5.95 Å². The molecule has 9 nitrogen and oxygen atoms in total. The highest BCUT2D eigenvalue weighted by Crippen LogP contribution is 2.28. The van der Waals surface area contributed by atoms with E-state index in [4.69, 9.17) is 9.47 Å². The Morgan fingerprint density at radius 2 is 2.03 bits per heavy atom. The van der Waals surface area contributed by atoms with E-state index in [9.17, 15) is 13.4 Å². The molecule has 0 spiro atoms. The maximum absolute atomic E-state index is 13.5. The number of amides is 1. The Kier molecular flexibility index (Phi) is 7.21. The number of methoxy groups -OCH3 is 1. The molecular weight excluding hydrogens is 437 g/mol. The lowest BCUT2D eigenvalue weighted by molar-refractivity contribution is 0.159. The van der Waals surface area contributed by atoms with E-state index in [2.05, 4.69) is 25.0 Å². The van der Waals surface area contributed by atoms with Crippen molar-refractivity contribution >= 4 is 32.8 Å². The number of aromatic nitrogens is 3. The number of hydrogen-bond acceptors (Lipinski definition) is 8. The van der Waals surface area contributed by atoms with Gasteiger partial charge in [-0.1, -0.05) is 12.1 Å². The van der Waals surface area contributed by atoms with Crippen LogP contribution in [0.25, 0.3) is 11.4 Å². The van der Waals surface area contributed by atoms with Crippen molar-refractivity contribution in [1.82, 2.24) is 19.7 Å². The van der Waals surface area contributed by atoms with E-state index < -0.39 is 21.6 Å². The van der Waals surface area contributed by atoms with Crippen molar-refractivity contribution in [1.29, 1.82) is 0 Å². The summed E-state index contributed by atoms with van der Waals surface area (Å²) in [5.74, 6) is 0.416. The van der Waals surface area contributed by atoms with Crippen LogP contribution in [0.5, 0.6) is 5.75 Å². The van der Waals surface area contributed by atoms with Crippen molar-refractivity contribution in [3.8, 4) is 17.1 Å². The minimum atomic E-state index is -2.81. The van der Waals surface area contributed by atoms with Crippen molar-refractivity contribution in [3.63, 3.8) is 0 Å². The Morgan fingerprint density at radius 1 is 1.22 bits per heavy atom. The summed E-state index contributed by atoms with van der Waals surface area (Å²) < 4.78 is 38.4. The first-order chi connectivity index (χ1) is 15.3. The van der Waals surface area contributed by atoms with Crippen LogP contribution in [0.1, 0.15) is 12.5 Å². The zero-order valence-electron chi connectivity index (χ0n) is 17.7. The Morgan fingerprint density at radius 3 is 2.78 bits per heavy atom. The Balaban J connectivity index is 1.84. The van der Waals surface area contributed by atoms with Gasteiger partial charge in [-0.15, -0.1) is 0 Å². The summed E-state index contributed by atoms with van der Waals surface area (Å²) in [6.07, 6.45) is 1.98. The van der Waals surface area contributed by atoms with E-state index in [1.165, 1.54) is 43.3 Å². The van der Waals surface area contributed by atoms with Gasteiger partial charge in [0.15, 0.2) is 5.82 Å². The van der Waals surface area contributed by atoms with Gasteiger partial charge < -0.3 is 14.8 Å². The van der Waals surface area contributed by atoms with Crippen LogP contribution in [0.4, 0.5) is 20.8 Å². The van der Waals surface area contributed by atoms with Crippen molar-refractivity contribution in [2.24, 2.45) is 0 Å². The van der Waals surface area contributed by atoms with Crippen LogP contribution in [-0.2, 0) is 14.4 Å². The monoisotopic (exact) mass is 459 g/mol. The number of carbonyl (C=O) groups is 1. The number of benzene rings is 2. The highest BCUT2D eigenvalue weighted by Gasteiger charge is 2.12. The molecule has 3 aromatic rings. The zero-order valence-corrected chi connectivity index (χ0v) is 18.5. The number of halogens is 1. The Labute approximate surface area is 185 Å². The molecule has 1 amide bonds. The maximum atomic E-state index is 13.5. The number of rotatable bonds is 7. The van der Waals surface area contributed by atoms with Crippen molar-refractivity contribution in [3.05, 3.63) is 60.2 Å². The summed E-state index contributed by atoms with van der Waals surface area (Å²) in [4.78, 5) is 24.2. The molecular formula is C21H22FN5O4S. The van der Waals surface area contributed by atoms with Gasteiger partial charge in [0.25, 0.3) is 0 Å². The minimum absolute atomic E-state index is 0.179. The van der Waals surface area contributed by atoms with Crippen LogP contribution in [0.3, 0.4) is 0 Å². The van der Waals surface area contributed by atoms with E-state index in [1.54, 1.807) is 31.2 Å². The third-order valence-corrected chi connectivity index (χ3v) is 5.34. The van der Waals surface area contributed by atoms with Crippen LogP contribution in [0.2, 0.25) is 0 Å². The third-order valence-electron chi connectivity index (χ3n) is 4.04. The highest BCUT2D eigenvalue weighted by atomic mass is 32.2. The van der Waals surface area contributed by atoms with Gasteiger partial charge in [0.1, 0.15) is 17.9 Å². The van der Waals surface area contributed by atoms with Crippen molar-refractivity contribution < 1.29 is 22.9 Å². The normalized spacial score (nSPS) is 12.4. The largest absolute Gasteiger partial charge is 0.496 e. The number of anilines is 2. The molecule has 1 heterocycles. The fourth-order valence-electron chi connectivity index (χ4n) is 2.77. The fourth-order valence-corrected chi connectivity index (χ4v) is 3.88. The van der Waals surface area contributed by atoms with Crippen LogP contribution in [-0.4, -0.2) is 50.6 Å². The zero-order chi connectivity index (χ0) is 23.1. The molecule has 0 aliphatic carbocycles. The number of ether oxygens (including phenoxy) is 2. The topological polar surface area (TPSA) is 115 Å². The van der Waals surface area contributed by atoms with E-state index >= 15 is 0 Å². The van der Waals surface area contributed by atoms with E-state index in [-0.39, 0.29) is 12.6 Å². The molecule has 1 atom stereocenters. The van der Waals surface area contributed by atoms with Crippen LogP contribution in [0.15, 0.2) is 48.8 Å². The van der Waals surface area contributed by atoms with Crippen LogP contribution >= 0.6 is 0 Å². The first-order valence-corrected chi connectivity index (χ1v) is 11.5. The minimum Gasteiger partial charge on any atom is -0.496 e. The second-order valence-corrected chi connectivity index (χ2v) is 8.82. The molecule has 2 N–H and O–H groups in total. The average Bonchev–Trinajstić information content (AvgIpc) is 2.73. The van der Waals surface area contributed by atoms with Gasteiger partial charge in [0, 0.05) is 23.4 Å². The SMILES string of the molecule is CCOC(=O)NS(C)(=O)=Cc1cccc(Nc2ncnc(-c3ccc(F)cc3OC)n2)c1. The molecule has 0 aliphatic rings. The quantitative estimate of drug-likeness (QED) is 0.518. The molecule has 0 saturated heterocycles. The highest BCUT2D eigenvalue weighted by molar-refractivity contribution is 7.99. The lowest BCUT2D eigenvalue weighted by Gasteiger charge is -2.10. The summed E-state index contributed by atoms with van der Waals surface area (Å²) in [7, 11) is -1.38. The average molecular weight is 460 g/mol. The lowest BCUT2D eigenvalue weighted by atomic mass is 10.2. The summed E-state index contributed by atoms with van der Waals surface area (Å²) in [5.41, 5.74) is 1.74. The number of nitrogens with zero attached hydrogens (tertiary/aromatic N) is 3. The maximum Gasteiger partial charge on any atom is 0.418 e. The molecule has 0 saturated carbocycles. The summed E-state index contributed by atoms with van der Waals surface area (Å²) in [5, 5.41) is 4.49. The third kappa shape index (κ3) is 6.14. The Hall–Kier alpha value is -3.73. The fraction of sp³-hybridized carbons (Fsp3) is 0.190. The molecule has 11 heteroatoms. The van der Waals surface area contributed by atoms with Crippen LogP contribution < -0.4 is 14.8 Å². The van der Waals surface area contributed by atoms with Gasteiger partial charge in [-0.3, -0.25) is 0 Å². The molecule has 0 aliphatic heterocycles. The number of nitrogens with one attached hydrogen (secondary N) is 2. The van der Waals surface area contributed by atoms with Gasteiger partial charge in [-0.05, 0) is 36.8 Å². The molecule has 0 radical (unpaired) electrons. The van der Waals surface area contributed by atoms with Gasteiger partial charge in [-0.25, -0.2) is 28.1 Å². The van der Waals surface area contributed by atoms with Crippen molar-refractivity contribution in [2.75, 3.05) is 25.3 Å². The standard InChI is InChI=1S/C21H22FN5O4S/c1-4-31-21(28)27-32(3,29)12-14-6-5-7-16(10-14)25-20-24-13-23-19(26-20)17-9-8-15(22)11-18(17)30-2/h5-13H,4H2,1-3H3,(H,27,28,29)(H,23,24,25,26). The first kappa shape index (κ1) is 22.9. The second-order valence-electron chi connectivity index (χ2n) is 6.57. The van der Waals surface area contributed by atoms with Gasteiger partial charge in [0.05, 0.1) is 29.0 Å². The van der Waals surface area contributed by atoms with Gasteiger partial charge in [-0.2, -0.15) is 4.98 Å².